The molecule has 6 nitrogen and oxygen atoms in total. The molecule has 0 aliphatic heterocycles. The monoisotopic (exact) mass is 390 g/mol. The minimum atomic E-state index is -3.54. The van der Waals surface area contributed by atoms with E-state index in [0.29, 0.717) is 12.1 Å². The first-order chi connectivity index (χ1) is 12.7. The van der Waals surface area contributed by atoms with Crippen LogP contribution in [0.4, 0.5) is 0 Å². The fourth-order valence-electron chi connectivity index (χ4n) is 2.60. The lowest BCUT2D eigenvalue weighted by Gasteiger charge is -2.25. The van der Waals surface area contributed by atoms with Gasteiger partial charge in [-0.2, -0.15) is 4.31 Å². The molecular weight excluding hydrogens is 364 g/mol. The first kappa shape index (κ1) is 20.9. The van der Waals surface area contributed by atoms with Gasteiger partial charge in [0.15, 0.2) is 0 Å². The minimum Gasteiger partial charge on any atom is -0.491 e. The summed E-state index contributed by atoms with van der Waals surface area (Å²) in [6.07, 6.45) is 1.18. The molecule has 0 saturated carbocycles. The van der Waals surface area contributed by atoms with Crippen molar-refractivity contribution >= 4 is 15.9 Å². The molecule has 27 heavy (non-hydrogen) atoms. The number of hydrogen-bond acceptors (Lipinski definition) is 4. The predicted octanol–water partition coefficient (Wildman–Crippen LogP) is 2.72. The Morgan fingerprint density at radius 2 is 1.67 bits per heavy atom. The fourth-order valence-corrected chi connectivity index (χ4v) is 3.20. The van der Waals surface area contributed by atoms with Gasteiger partial charge >= 0.3 is 0 Å². The Hall–Kier alpha value is -2.38. The van der Waals surface area contributed by atoms with Crippen molar-refractivity contribution in [3.05, 3.63) is 65.7 Å². The molecule has 0 unspecified atom stereocenters. The van der Waals surface area contributed by atoms with E-state index in [9.17, 15) is 13.2 Å². The molecule has 0 fully saturated rings. The summed E-state index contributed by atoms with van der Waals surface area (Å²) in [6.45, 7) is 4.20. The van der Waals surface area contributed by atoms with Gasteiger partial charge in [-0.15, -0.1) is 0 Å². The molecule has 1 amide bonds. The molecule has 0 aliphatic rings. The topological polar surface area (TPSA) is 75.7 Å². The number of nitrogens with one attached hydrogen (secondary N) is 1. The van der Waals surface area contributed by atoms with E-state index in [-0.39, 0.29) is 12.0 Å². The number of hydrogen-bond donors (Lipinski definition) is 1. The van der Waals surface area contributed by atoms with Gasteiger partial charge in [-0.3, -0.25) is 4.79 Å². The van der Waals surface area contributed by atoms with Crippen LogP contribution in [0.3, 0.4) is 0 Å². The van der Waals surface area contributed by atoms with Crippen LogP contribution in [-0.4, -0.2) is 38.0 Å². The van der Waals surface area contributed by atoms with Gasteiger partial charge in [0.25, 0.3) is 0 Å². The molecule has 0 spiro atoms. The first-order valence-corrected chi connectivity index (χ1v) is 10.5. The van der Waals surface area contributed by atoms with E-state index in [4.69, 9.17) is 4.74 Å². The first-order valence-electron chi connectivity index (χ1n) is 8.69. The second kappa shape index (κ2) is 9.01. The number of ether oxygens (including phenoxy) is 1. The highest BCUT2D eigenvalue weighted by molar-refractivity contribution is 7.88. The van der Waals surface area contributed by atoms with Gasteiger partial charge in [-0.25, -0.2) is 8.42 Å². The Morgan fingerprint density at radius 1 is 1.07 bits per heavy atom. The van der Waals surface area contributed by atoms with Crippen molar-refractivity contribution in [2.45, 2.75) is 32.5 Å². The maximum absolute atomic E-state index is 12.8. The largest absolute Gasteiger partial charge is 0.491 e. The zero-order valence-electron chi connectivity index (χ0n) is 16.0. The molecular formula is C20H26N2O4S. The van der Waals surface area contributed by atoms with Crippen LogP contribution in [0.5, 0.6) is 5.75 Å². The lowest BCUT2D eigenvalue weighted by atomic mass is 10.1. The molecule has 0 heterocycles. The van der Waals surface area contributed by atoms with E-state index in [1.807, 2.05) is 44.2 Å². The molecule has 2 aromatic rings. The van der Waals surface area contributed by atoms with E-state index in [0.717, 1.165) is 21.9 Å². The molecule has 0 radical (unpaired) electrons. The minimum absolute atomic E-state index is 0.0914. The Balaban J connectivity index is 2.12. The molecule has 7 heteroatoms. The zero-order chi connectivity index (χ0) is 20.0. The average Bonchev–Trinajstić information content (AvgIpc) is 2.61. The maximum Gasteiger partial charge on any atom is 0.243 e. The molecule has 1 atom stereocenters. The van der Waals surface area contributed by atoms with Gasteiger partial charge < -0.3 is 10.1 Å². The summed E-state index contributed by atoms with van der Waals surface area (Å²) in [4.78, 5) is 12.8. The van der Waals surface area contributed by atoms with E-state index < -0.39 is 16.1 Å². The SMILES string of the molecule is CC(C)Oc1ccc(CNC(=O)[C@@H](c2ccccc2)N(C)S(C)(=O)=O)cc1. The van der Waals surface area contributed by atoms with Crippen molar-refractivity contribution in [1.82, 2.24) is 9.62 Å². The Labute approximate surface area is 161 Å². The van der Waals surface area contributed by atoms with E-state index in [2.05, 4.69) is 5.32 Å². The number of carbonyl (C=O) groups is 1. The molecule has 0 bridgehead atoms. The fraction of sp³-hybridized carbons (Fsp3) is 0.350. The summed E-state index contributed by atoms with van der Waals surface area (Å²) in [7, 11) is -2.13. The van der Waals surface area contributed by atoms with Gasteiger partial charge in [0, 0.05) is 13.6 Å². The Kier molecular flexibility index (Phi) is 6.98. The number of benzene rings is 2. The zero-order valence-corrected chi connectivity index (χ0v) is 16.9. The number of amides is 1. The highest BCUT2D eigenvalue weighted by Crippen LogP contribution is 2.22. The van der Waals surface area contributed by atoms with Crippen molar-refractivity contribution in [2.24, 2.45) is 0 Å². The third kappa shape index (κ3) is 6.08. The standard InChI is InChI=1S/C20H26N2O4S/c1-15(2)26-18-12-10-16(11-13-18)14-21-20(23)19(22(3)27(4,24)25)17-8-6-5-7-9-17/h5-13,15,19H,14H2,1-4H3,(H,21,23)/t19-/m1/s1. The summed E-state index contributed by atoms with van der Waals surface area (Å²) in [5.41, 5.74) is 1.51. The van der Waals surface area contributed by atoms with Crippen LogP contribution in [0.1, 0.15) is 31.0 Å². The van der Waals surface area contributed by atoms with Crippen LogP contribution < -0.4 is 10.1 Å². The lowest BCUT2D eigenvalue weighted by Crippen LogP contribution is -2.41. The van der Waals surface area contributed by atoms with E-state index >= 15 is 0 Å². The van der Waals surface area contributed by atoms with Crippen molar-refractivity contribution in [1.29, 1.82) is 0 Å². The second-order valence-corrected chi connectivity index (χ2v) is 8.66. The van der Waals surface area contributed by atoms with Crippen LogP contribution in [0, 0.1) is 0 Å². The van der Waals surface area contributed by atoms with E-state index in [1.165, 1.54) is 7.05 Å². The quantitative estimate of drug-likeness (QED) is 0.752. The van der Waals surface area contributed by atoms with Crippen LogP contribution >= 0.6 is 0 Å². The third-order valence-electron chi connectivity index (χ3n) is 4.01. The van der Waals surface area contributed by atoms with Crippen molar-refractivity contribution in [3.63, 3.8) is 0 Å². The van der Waals surface area contributed by atoms with Gasteiger partial charge in [0.05, 0.1) is 12.4 Å². The number of likely N-dealkylation sites (N-methyl/N-ethyl adjacent to an activating group) is 1. The molecule has 2 aromatic carbocycles. The van der Waals surface area contributed by atoms with Gasteiger partial charge in [0.1, 0.15) is 11.8 Å². The normalized spacial score (nSPS) is 12.8. The molecule has 0 aliphatic carbocycles. The number of nitrogens with zero attached hydrogens (tertiary/aromatic N) is 1. The number of carbonyl (C=O) groups excluding carboxylic acids is 1. The van der Waals surface area contributed by atoms with E-state index in [1.54, 1.807) is 24.3 Å². The lowest BCUT2D eigenvalue weighted by molar-refractivity contribution is -0.124. The summed E-state index contributed by atoms with van der Waals surface area (Å²) < 4.78 is 30.6. The maximum atomic E-state index is 12.8. The molecule has 1 N–H and O–H groups in total. The highest BCUT2D eigenvalue weighted by atomic mass is 32.2. The third-order valence-corrected chi connectivity index (χ3v) is 5.27. The number of sulfonamides is 1. The number of rotatable bonds is 8. The molecule has 146 valence electrons. The van der Waals surface area contributed by atoms with Crippen LogP contribution in [0.15, 0.2) is 54.6 Å². The smallest absolute Gasteiger partial charge is 0.243 e. The van der Waals surface area contributed by atoms with Crippen molar-refractivity contribution in [3.8, 4) is 5.75 Å². The van der Waals surface area contributed by atoms with Gasteiger partial charge in [-0.05, 0) is 37.1 Å². The predicted molar refractivity (Wildman–Crippen MR) is 106 cm³/mol. The molecule has 2 rings (SSSR count). The highest BCUT2D eigenvalue weighted by Gasteiger charge is 2.30. The summed E-state index contributed by atoms with van der Waals surface area (Å²) in [6, 6.07) is 15.4. The van der Waals surface area contributed by atoms with Gasteiger partial charge in [-0.1, -0.05) is 42.5 Å². The van der Waals surface area contributed by atoms with Crippen molar-refractivity contribution in [2.75, 3.05) is 13.3 Å². The average molecular weight is 391 g/mol. The summed E-state index contributed by atoms with van der Waals surface area (Å²) >= 11 is 0. The molecule has 0 aromatic heterocycles. The summed E-state index contributed by atoms with van der Waals surface area (Å²) in [5, 5.41) is 2.82. The van der Waals surface area contributed by atoms with Crippen LogP contribution in [-0.2, 0) is 21.4 Å². The van der Waals surface area contributed by atoms with Crippen molar-refractivity contribution < 1.29 is 17.9 Å². The van der Waals surface area contributed by atoms with Gasteiger partial charge in [0.2, 0.25) is 15.9 Å². The van der Waals surface area contributed by atoms with Crippen LogP contribution in [0.25, 0.3) is 0 Å². The second-order valence-electron chi connectivity index (χ2n) is 6.62. The summed E-state index contributed by atoms with van der Waals surface area (Å²) in [5.74, 6) is 0.385. The van der Waals surface area contributed by atoms with Crippen LogP contribution in [0.2, 0.25) is 0 Å². The Morgan fingerprint density at radius 3 is 2.19 bits per heavy atom. The molecule has 0 saturated heterocycles. The Bertz CT molecular complexity index is 849.